The van der Waals surface area contributed by atoms with Crippen LogP contribution in [0.5, 0.6) is 0 Å². The van der Waals surface area contributed by atoms with E-state index in [4.69, 9.17) is 4.74 Å². The first-order chi connectivity index (χ1) is 9.66. The van der Waals surface area contributed by atoms with Crippen LogP contribution in [0.4, 0.5) is 4.79 Å². The fourth-order valence-corrected chi connectivity index (χ4v) is 3.11. The number of nitrogens with zero attached hydrogens (tertiary/aromatic N) is 1. The first-order valence-electron chi connectivity index (χ1n) is 7.00. The van der Waals surface area contributed by atoms with E-state index in [2.05, 4.69) is 0 Å². The molecule has 1 aromatic rings. The first kappa shape index (κ1) is 13.4. The molecule has 20 heavy (non-hydrogen) atoms. The van der Waals surface area contributed by atoms with Gasteiger partial charge in [0.25, 0.3) is 0 Å². The van der Waals surface area contributed by atoms with Gasteiger partial charge < -0.3 is 19.8 Å². The number of hydrogen-bond acceptors (Lipinski definition) is 4. The Morgan fingerprint density at radius 3 is 2.75 bits per heavy atom. The molecule has 0 aromatic heterocycles. The molecular weight excluding hydrogens is 258 g/mol. The Kier molecular flexibility index (Phi) is 3.63. The molecule has 5 nitrogen and oxygen atoms in total. The summed E-state index contributed by atoms with van der Waals surface area (Å²) in [6, 6.07) is 9.19. The quantitative estimate of drug-likeness (QED) is 0.850. The van der Waals surface area contributed by atoms with Gasteiger partial charge in [0.1, 0.15) is 12.7 Å². The molecule has 1 aliphatic carbocycles. The van der Waals surface area contributed by atoms with Gasteiger partial charge in [-0.1, -0.05) is 30.3 Å². The van der Waals surface area contributed by atoms with Crippen LogP contribution >= 0.6 is 0 Å². The van der Waals surface area contributed by atoms with Crippen molar-refractivity contribution in [3.63, 3.8) is 0 Å². The number of amides is 1. The van der Waals surface area contributed by atoms with Crippen molar-refractivity contribution in [1.82, 2.24) is 4.90 Å². The Labute approximate surface area is 117 Å². The van der Waals surface area contributed by atoms with Crippen molar-refractivity contribution in [3.05, 3.63) is 35.9 Å². The number of carbonyl (C=O) groups excluding carboxylic acids is 1. The summed E-state index contributed by atoms with van der Waals surface area (Å²) in [4.78, 5) is 13.5. The Morgan fingerprint density at radius 2 is 2.00 bits per heavy atom. The van der Waals surface area contributed by atoms with Crippen LogP contribution in [0.1, 0.15) is 18.4 Å². The molecule has 2 aliphatic rings. The van der Waals surface area contributed by atoms with E-state index in [1.54, 1.807) is 0 Å². The number of carbonyl (C=O) groups is 1. The molecular formula is C15H19NO4. The number of aliphatic hydroxyl groups is 2. The van der Waals surface area contributed by atoms with E-state index in [-0.39, 0.29) is 18.6 Å². The molecule has 0 bridgehead atoms. The second kappa shape index (κ2) is 5.42. The standard InChI is InChI=1S/C15H19NO4/c17-12-7-6-11-8-16(13(11)14(12)18)15(19)20-9-10-4-2-1-3-5-10/h1-5,11-14,17-18H,6-9H2/t11-,12+,13+,14+/m1/s1. The van der Waals surface area contributed by atoms with E-state index in [1.165, 1.54) is 4.90 Å². The molecule has 3 rings (SSSR count). The van der Waals surface area contributed by atoms with E-state index < -0.39 is 18.3 Å². The van der Waals surface area contributed by atoms with Crippen LogP contribution in [-0.4, -0.2) is 46.0 Å². The predicted octanol–water partition coefficient (Wildman–Crippen LogP) is 1.14. The van der Waals surface area contributed by atoms with E-state index in [0.29, 0.717) is 13.0 Å². The van der Waals surface area contributed by atoms with E-state index in [0.717, 1.165) is 12.0 Å². The lowest BCUT2D eigenvalue weighted by atomic mass is 9.74. The maximum atomic E-state index is 12.0. The van der Waals surface area contributed by atoms with E-state index in [1.807, 2.05) is 30.3 Å². The molecule has 2 fully saturated rings. The molecule has 0 radical (unpaired) electrons. The molecule has 1 aliphatic heterocycles. The van der Waals surface area contributed by atoms with Gasteiger partial charge in [0.15, 0.2) is 0 Å². The molecule has 1 amide bonds. The van der Waals surface area contributed by atoms with Gasteiger partial charge in [0.05, 0.1) is 12.1 Å². The SMILES string of the molecule is O=C(OCc1ccccc1)N1C[C@H]2CC[C@H](O)[C@H](O)[C@H]21. The van der Waals surface area contributed by atoms with Gasteiger partial charge in [-0.15, -0.1) is 0 Å². The topological polar surface area (TPSA) is 70.0 Å². The molecule has 2 N–H and O–H groups in total. The largest absolute Gasteiger partial charge is 0.445 e. The van der Waals surface area contributed by atoms with Gasteiger partial charge in [0.2, 0.25) is 0 Å². The Balaban J connectivity index is 1.56. The Bertz CT molecular complexity index is 478. The minimum atomic E-state index is -0.855. The maximum absolute atomic E-state index is 12.0. The number of hydrogen-bond donors (Lipinski definition) is 2. The van der Waals surface area contributed by atoms with Gasteiger partial charge >= 0.3 is 6.09 Å². The molecule has 1 saturated heterocycles. The second-order valence-corrected chi connectivity index (χ2v) is 5.58. The van der Waals surface area contributed by atoms with Gasteiger partial charge in [0, 0.05) is 6.54 Å². The molecule has 0 spiro atoms. The number of ether oxygens (including phenoxy) is 1. The fraction of sp³-hybridized carbons (Fsp3) is 0.533. The number of benzene rings is 1. The lowest BCUT2D eigenvalue weighted by Crippen LogP contribution is -2.67. The van der Waals surface area contributed by atoms with Gasteiger partial charge in [-0.25, -0.2) is 4.79 Å². The zero-order chi connectivity index (χ0) is 14.1. The van der Waals surface area contributed by atoms with Crippen LogP contribution in [0, 0.1) is 5.92 Å². The molecule has 5 heteroatoms. The number of likely N-dealkylation sites (tertiary alicyclic amines) is 1. The number of fused-ring (bicyclic) bond motifs is 1. The summed E-state index contributed by atoms with van der Waals surface area (Å²) < 4.78 is 5.26. The second-order valence-electron chi connectivity index (χ2n) is 5.58. The highest BCUT2D eigenvalue weighted by molar-refractivity contribution is 5.69. The van der Waals surface area contributed by atoms with Crippen molar-refractivity contribution < 1.29 is 19.7 Å². The van der Waals surface area contributed by atoms with Crippen LogP contribution in [0.3, 0.4) is 0 Å². The van der Waals surface area contributed by atoms with Crippen molar-refractivity contribution in [2.45, 2.75) is 37.7 Å². The summed E-state index contributed by atoms with van der Waals surface area (Å²) in [7, 11) is 0. The van der Waals surface area contributed by atoms with Crippen molar-refractivity contribution in [2.24, 2.45) is 5.92 Å². The molecule has 1 heterocycles. The third kappa shape index (κ3) is 2.39. The monoisotopic (exact) mass is 277 g/mol. The summed E-state index contributed by atoms with van der Waals surface area (Å²) in [6.07, 6.45) is -0.545. The van der Waals surface area contributed by atoms with Gasteiger partial charge in [-0.2, -0.15) is 0 Å². The Hall–Kier alpha value is -1.59. The summed E-state index contributed by atoms with van der Waals surface area (Å²) in [5, 5.41) is 19.7. The average molecular weight is 277 g/mol. The maximum Gasteiger partial charge on any atom is 0.410 e. The van der Waals surface area contributed by atoms with Gasteiger partial charge in [-0.3, -0.25) is 0 Å². The number of aliphatic hydroxyl groups excluding tert-OH is 2. The van der Waals surface area contributed by atoms with Crippen molar-refractivity contribution >= 4 is 6.09 Å². The average Bonchev–Trinajstić information content (AvgIpc) is 2.43. The van der Waals surface area contributed by atoms with Crippen LogP contribution in [0.25, 0.3) is 0 Å². The smallest absolute Gasteiger partial charge is 0.410 e. The van der Waals surface area contributed by atoms with Crippen LogP contribution in [0.15, 0.2) is 30.3 Å². The van der Waals surface area contributed by atoms with Crippen molar-refractivity contribution in [3.8, 4) is 0 Å². The summed E-state index contributed by atoms with van der Waals surface area (Å²) in [5.41, 5.74) is 0.933. The van der Waals surface area contributed by atoms with E-state index in [9.17, 15) is 15.0 Å². The molecule has 4 atom stereocenters. The minimum Gasteiger partial charge on any atom is -0.445 e. The summed E-state index contributed by atoms with van der Waals surface area (Å²) in [5.74, 6) is 0.290. The van der Waals surface area contributed by atoms with E-state index >= 15 is 0 Å². The predicted molar refractivity (Wildman–Crippen MR) is 71.9 cm³/mol. The third-order valence-corrected chi connectivity index (χ3v) is 4.29. The lowest BCUT2D eigenvalue weighted by Gasteiger charge is -2.53. The van der Waals surface area contributed by atoms with Crippen LogP contribution < -0.4 is 0 Å². The molecule has 108 valence electrons. The lowest BCUT2D eigenvalue weighted by molar-refractivity contribution is -0.131. The van der Waals surface area contributed by atoms with Crippen molar-refractivity contribution in [2.75, 3.05) is 6.54 Å². The normalized spacial score (nSPS) is 32.2. The Morgan fingerprint density at radius 1 is 1.25 bits per heavy atom. The zero-order valence-electron chi connectivity index (χ0n) is 11.2. The first-order valence-corrected chi connectivity index (χ1v) is 7.00. The van der Waals surface area contributed by atoms with Gasteiger partial charge in [-0.05, 0) is 24.3 Å². The minimum absolute atomic E-state index is 0.228. The zero-order valence-corrected chi connectivity index (χ0v) is 11.2. The summed E-state index contributed by atoms with van der Waals surface area (Å²) in [6.45, 7) is 0.842. The summed E-state index contributed by atoms with van der Waals surface area (Å²) >= 11 is 0. The number of rotatable bonds is 2. The highest BCUT2D eigenvalue weighted by atomic mass is 16.6. The molecule has 1 saturated carbocycles. The highest BCUT2D eigenvalue weighted by Crippen LogP contribution is 2.37. The van der Waals surface area contributed by atoms with Crippen molar-refractivity contribution in [1.29, 1.82) is 0 Å². The molecule has 0 unspecified atom stereocenters. The fourth-order valence-electron chi connectivity index (χ4n) is 3.11. The highest BCUT2D eigenvalue weighted by Gasteiger charge is 2.51. The van der Waals surface area contributed by atoms with Crippen LogP contribution in [0.2, 0.25) is 0 Å². The van der Waals surface area contributed by atoms with Crippen LogP contribution in [-0.2, 0) is 11.3 Å². The molecule has 1 aromatic carbocycles. The third-order valence-electron chi connectivity index (χ3n) is 4.29.